The molecule has 2 aliphatic rings. The maximum absolute atomic E-state index is 13.4. The molecule has 1 aliphatic carbocycles. The monoisotopic (exact) mass is 481 g/mol. The Labute approximate surface area is 183 Å². The molecule has 0 N–H and O–H groups in total. The van der Waals surface area contributed by atoms with Crippen LogP contribution in [-0.2, 0) is 24.7 Å². The summed E-state index contributed by atoms with van der Waals surface area (Å²) in [5, 5.41) is -0.261. The fourth-order valence-corrected chi connectivity index (χ4v) is 6.15. The Bertz CT molecular complexity index is 1360. The molecule has 2 aromatic rings. The lowest BCUT2D eigenvalue weighted by Gasteiger charge is -2.25. The quantitative estimate of drug-likeness (QED) is 0.457. The normalized spacial score (nSPS) is 18.5. The second-order valence-corrected chi connectivity index (χ2v) is 11.7. The van der Waals surface area contributed by atoms with Crippen LogP contribution in [0.2, 0.25) is 5.02 Å². The Morgan fingerprint density at radius 1 is 1.13 bits per heavy atom. The van der Waals surface area contributed by atoms with Crippen molar-refractivity contribution >= 4 is 48.9 Å². The highest BCUT2D eigenvalue weighted by molar-refractivity contribution is 7.90. The van der Waals surface area contributed by atoms with Crippen molar-refractivity contribution in [3.63, 3.8) is 0 Å². The molecule has 0 aromatic heterocycles. The zero-order chi connectivity index (χ0) is 22.7. The van der Waals surface area contributed by atoms with Crippen molar-refractivity contribution in [1.29, 1.82) is 0 Å². The van der Waals surface area contributed by atoms with Crippen LogP contribution in [0.4, 0.5) is 0 Å². The lowest BCUT2D eigenvalue weighted by molar-refractivity contribution is -0.122. The van der Waals surface area contributed by atoms with Crippen molar-refractivity contribution in [2.24, 2.45) is 5.92 Å². The van der Waals surface area contributed by atoms with E-state index in [0.717, 1.165) is 24.5 Å². The number of carbonyl (C=O) groups excluding carboxylic acids is 3. The van der Waals surface area contributed by atoms with Gasteiger partial charge in [-0.2, -0.15) is 0 Å². The van der Waals surface area contributed by atoms with Crippen molar-refractivity contribution < 1.29 is 31.2 Å². The number of fused-ring (bicyclic) bond motifs is 1. The Morgan fingerprint density at radius 2 is 1.77 bits per heavy atom. The molecular weight excluding hydrogens is 466 g/mol. The first-order valence-electron chi connectivity index (χ1n) is 9.20. The minimum atomic E-state index is -4.44. The van der Waals surface area contributed by atoms with Gasteiger partial charge in [0.15, 0.2) is 27.4 Å². The maximum atomic E-state index is 13.4. The number of ketones is 2. The number of carbonyl (C=O) groups is 3. The van der Waals surface area contributed by atoms with E-state index in [1.54, 1.807) is 0 Å². The van der Waals surface area contributed by atoms with Gasteiger partial charge in [0.25, 0.3) is 15.9 Å². The number of nitrogens with zero attached hydrogens (tertiary/aromatic N) is 1. The van der Waals surface area contributed by atoms with Gasteiger partial charge in [-0.25, -0.2) is 21.1 Å². The molecule has 31 heavy (non-hydrogen) atoms. The Balaban J connectivity index is 1.83. The summed E-state index contributed by atoms with van der Waals surface area (Å²) in [6.07, 6.45) is 1.93. The minimum absolute atomic E-state index is 0.123. The molecule has 1 atom stereocenters. The highest BCUT2D eigenvalue weighted by Gasteiger charge is 2.52. The predicted molar refractivity (Wildman–Crippen MR) is 110 cm³/mol. The average Bonchev–Trinajstić information content (AvgIpc) is 3.52. The van der Waals surface area contributed by atoms with E-state index in [1.165, 1.54) is 24.3 Å². The molecule has 0 bridgehead atoms. The number of sulfonamides is 1. The first-order valence-corrected chi connectivity index (χ1v) is 12.9. The molecule has 1 saturated carbocycles. The number of amides is 1. The van der Waals surface area contributed by atoms with Crippen molar-refractivity contribution in [1.82, 2.24) is 4.31 Å². The van der Waals surface area contributed by atoms with E-state index in [1.807, 2.05) is 0 Å². The summed E-state index contributed by atoms with van der Waals surface area (Å²) in [7, 11) is -8.05. The van der Waals surface area contributed by atoms with Crippen LogP contribution in [0.25, 0.3) is 0 Å². The molecular formula is C20H16ClNO7S2. The zero-order valence-electron chi connectivity index (χ0n) is 16.1. The molecule has 4 rings (SSSR count). The number of Topliss-reactive ketones (excluding diaryl/α,β-unsaturated/α-hetero) is 2. The average molecular weight is 482 g/mol. The molecule has 1 unspecified atom stereocenters. The van der Waals surface area contributed by atoms with Gasteiger partial charge >= 0.3 is 0 Å². The first kappa shape index (κ1) is 21.7. The predicted octanol–water partition coefficient (Wildman–Crippen LogP) is 2.12. The Kier molecular flexibility index (Phi) is 5.07. The van der Waals surface area contributed by atoms with Crippen LogP contribution in [-0.4, -0.2) is 50.9 Å². The Morgan fingerprint density at radius 3 is 2.32 bits per heavy atom. The summed E-state index contributed by atoms with van der Waals surface area (Å²) in [4.78, 5) is 38.9. The molecule has 2 aromatic carbocycles. The molecule has 1 amide bonds. The van der Waals surface area contributed by atoms with Crippen LogP contribution in [0.15, 0.2) is 52.3 Å². The van der Waals surface area contributed by atoms with Gasteiger partial charge in [-0.05, 0) is 43.2 Å². The number of hydrogen-bond donors (Lipinski definition) is 0. The molecule has 1 aliphatic heterocycles. The van der Waals surface area contributed by atoms with Gasteiger partial charge in [0.2, 0.25) is 0 Å². The van der Waals surface area contributed by atoms with Crippen molar-refractivity contribution in [2.75, 3.05) is 6.26 Å². The van der Waals surface area contributed by atoms with Gasteiger partial charge in [0.05, 0.1) is 15.5 Å². The van der Waals surface area contributed by atoms with Gasteiger partial charge in [-0.15, -0.1) is 0 Å². The van der Waals surface area contributed by atoms with Crippen LogP contribution in [0.3, 0.4) is 0 Å². The number of hydrogen-bond acceptors (Lipinski definition) is 7. The minimum Gasteiger partial charge on any atom is -0.296 e. The van der Waals surface area contributed by atoms with Crippen LogP contribution >= 0.6 is 11.6 Å². The van der Waals surface area contributed by atoms with E-state index >= 15 is 0 Å². The summed E-state index contributed by atoms with van der Waals surface area (Å²) in [6.45, 7) is 0. The summed E-state index contributed by atoms with van der Waals surface area (Å²) in [6, 6.07) is 6.86. The van der Waals surface area contributed by atoms with E-state index in [9.17, 15) is 31.2 Å². The van der Waals surface area contributed by atoms with E-state index < -0.39 is 49.3 Å². The molecule has 0 saturated heterocycles. The van der Waals surface area contributed by atoms with Gasteiger partial charge in [-0.1, -0.05) is 23.7 Å². The van der Waals surface area contributed by atoms with Crippen LogP contribution < -0.4 is 0 Å². The van der Waals surface area contributed by atoms with Crippen LogP contribution in [0, 0.1) is 5.92 Å². The van der Waals surface area contributed by atoms with Gasteiger partial charge < -0.3 is 0 Å². The highest BCUT2D eigenvalue weighted by atomic mass is 35.5. The van der Waals surface area contributed by atoms with Crippen molar-refractivity contribution in [2.45, 2.75) is 28.7 Å². The molecule has 1 fully saturated rings. The third-order valence-electron chi connectivity index (χ3n) is 5.22. The third kappa shape index (κ3) is 3.58. The van der Waals surface area contributed by atoms with Gasteiger partial charge in [0, 0.05) is 17.7 Å². The largest absolute Gasteiger partial charge is 0.296 e. The molecule has 8 nitrogen and oxygen atoms in total. The highest BCUT2D eigenvalue weighted by Crippen LogP contribution is 2.38. The number of halogens is 1. The van der Waals surface area contributed by atoms with E-state index in [4.69, 9.17) is 11.6 Å². The fourth-order valence-electron chi connectivity index (χ4n) is 3.47. The molecule has 0 radical (unpaired) electrons. The van der Waals surface area contributed by atoms with Crippen molar-refractivity contribution in [3.05, 3.63) is 58.6 Å². The topological polar surface area (TPSA) is 123 Å². The Hall–Kier alpha value is -2.56. The van der Waals surface area contributed by atoms with E-state index in [0.29, 0.717) is 17.1 Å². The second-order valence-electron chi connectivity index (χ2n) is 7.46. The van der Waals surface area contributed by atoms with Gasteiger partial charge in [0.1, 0.15) is 4.90 Å². The fraction of sp³-hybridized carbons (Fsp3) is 0.250. The third-order valence-corrected chi connectivity index (χ3v) is 8.45. The summed E-state index contributed by atoms with van der Waals surface area (Å²) < 4.78 is 50.0. The lowest BCUT2D eigenvalue weighted by Crippen LogP contribution is -2.50. The summed E-state index contributed by atoms with van der Waals surface area (Å²) in [5.41, 5.74) is -0.366. The van der Waals surface area contributed by atoms with Crippen LogP contribution in [0.5, 0.6) is 0 Å². The van der Waals surface area contributed by atoms with Crippen molar-refractivity contribution in [3.8, 4) is 0 Å². The number of rotatable bonds is 6. The summed E-state index contributed by atoms with van der Waals surface area (Å²) >= 11 is 6.13. The molecule has 11 heteroatoms. The second kappa shape index (κ2) is 7.25. The lowest BCUT2D eigenvalue weighted by atomic mass is 9.97. The summed E-state index contributed by atoms with van der Waals surface area (Å²) in [5.74, 6) is -3.16. The zero-order valence-corrected chi connectivity index (χ0v) is 18.5. The van der Waals surface area contributed by atoms with E-state index in [2.05, 4.69) is 0 Å². The first-order chi connectivity index (χ1) is 14.4. The molecule has 162 valence electrons. The van der Waals surface area contributed by atoms with Gasteiger partial charge in [-0.3, -0.25) is 14.4 Å². The standard InChI is InChI=1S/C20H16ClNO7S2/c1-30(26,27)12-8-9-13(15(21)10-12)19(24)17(18(23)11-6-7-11)22-20(25)14-4-2-3-5-16(14)31(22,28)29/h2-5,8-11,17H,6-7H2,1H3. The van der Waals surface area contributed by atoms with Crippen LogP contribution in [0.1, 0.15) is 33.6 Å². The number of benzene rings is 2. The molecule has 1 heterocycles. The number of sulfone groups is 1. The van der Waals surface area contributed by atoms with E-state index in [-0.39, 0.29) is 25.9 Å². The maximum Gasteiger partial charge on any atom is 0.270 e. The molecule has 0 spiro atoms. The SMILES string of the molecule is CS(=O)(=O)c1ccc(C(=O)C(C(=O)C2CC2)N2C(=O)c3ccccc3S2(=O)=O)c(Cl)c1. The smallest absolute Gasteiger partial charge is 0.270 e.